The van der Waals surface area contributed by atoms with Crippen LogP contribution in [-0.4, -0.2) is 9.78 Å². The molecule has 102 valence electrons. The molecular weight excluding hydrogens is 253 g/mol. The fourth-order valence-corrected chi connectivity index (χ4v) is 2.61. The van der Waals surface area contributed by atoms with Crippen molar-refractivity contribution >= 4 is 16.6 Å². The number of aryl methyl sites for hydroxylation is 1. The van der Waals surface area contributed by atoms with Crippen molar-refractivity contribution in [1.82, 2.24) is 9.78 Å². The van der Waals surface area contributed by atoms with Crippen LogP contribution in [0.2, 0.25) is 0 Å². The molecule has 1 aromatic heterocycles. The first-order valence-corrected chi connectivity index (χ1v) is 6.62. The topological polar surface area (TPSA) is 43.8 Å². The van der Waals surface area contributed by atoms with E-state index in [-0.39, 0.29) is 5.82 Å². The van der Waals surface area contributed by atoms with Crippen LogP contribution in [0.1, 0.15) is 12.5 Å². The minimum Gasteiger partial charge on any atom is -0.384 e. The Labute approximate surface area is 116 Å². The van der Waals surface area contributed by atoms with Crippen LogP contribution in [0.25, 0.3) is 22.0 Å². The van der Waals surface area contributed by atoms with E-state index < -0.39 is 0 Å². The third-order valence-electron chi connectivity index (χ3n) is 3.67. The highest BCUT2D eigenvalue weighted by Crippen LogP contribution is 2.33. The van der Waals surface area contributed by atoms with Gasteiger partial charge in [-0.3, -0.25) is 4.68 Å². The maximum absolute atomic E-state index is 13.9. The van der Waals surface area contributed by atoms with Crippen molar-refractivity contribution in [2.24, 2.45) is 7.05 Å². The van der Waals surface area contributed by atoms with E-state index in [4.69, 9.17) is 5.73 Å². The van der Waals surface area contributed by atoms with E-state index in [1.165, 1.54) is 6.07 Å². The SMILES string of the molecule is CCc1c(-c2ccc(F)c3ccccc23)nn(C)c1N. The largest absolute Gasteiger partial charge is 0.384 e. The maximum Gasteiger partial charge on any atom is 0.131 e. The normalized spacial score (nSPS) is 11.2. The quantitative estimate of drug-likeness (QED) is 0.773. The van der Waals surface area contributed by atoms with Gasteiger partial charge in [0.05, 0.1) is 5.69 Å². The summed E-state index contributed by atoms with van der Waals surface area (Å²) in [5, 5.41) is 5.97. The van der Waals surface area contributed by atoms with Crippen LogP contribution in [-0.2, 0) is 13.5 Å². The molecule has 2 aromatic carbocycles. The van der Waals surface area contributed by atoms with Gasteiger partial charge in [-0.05, 0) is 23.9 Å². The van der Waals surface area contributed by atoms with Gasteiger partial charge >= 0.3 is 0 Å². The van der Waals surface area contributed by atoms with E-state index >= 15 is 0 Å². The molecule has 3 rings (SSSR count). The zero-order valence-corrected chi connectivity index (χ0v) is 11.5. The Kier molecular flexibility index (Phi) is 2.93. The van der Waals surface area contributed by atoms with Crippen LogP contribution in [0.15, 0.2) is 36.4 Å². The predicted octanol–water partition coefficient (Wildman–Crippen LogP) is 3.52. The number of nitrogen functional groups attached to an aromatic ring is 1. The number of nitrogens with two attached hydrogens (primary N) is 1. The van der Waals surface area contributed by atoms with Crippen molar-refractivity contribution in [3.63, 3.8) is 0 Å². The molecule has 3 aromatic rings. The highest BCUT2D eigenvalue weighted by atomic mass is 19.1. The van der Waals surface area contributed by atoms with Crippen molar-refractivity contribution in [2.45, 2.75) is 13.3 Å². The highest BCUT2D eigenvalue weighted by molar-refractivity contribution is 5.97. The Bertz CT molecular complexity index is 790. The van der Waals surface area contributed by atoms with Crippen LogP contribution in [0.3, 0.4) is 0 Å². The third-order valence-corrected chi connectivity index (χ3v) is 3.67. The first-order valence-electron chi connectivity index (χ1n) is 6.62. The van der Waals surface area contributed by atoms with Crippen molar-refractivity contribution in [1.29, 1.82) is 0 Å². The minimum atomic E-state index is -0.216. The molecule has 0 saturated heterocycles. The summed E-state index contributed by atoms with van der Waals surface area (Å²) < 4.78 is 15.6. The van der Waals surface area contributed by atoms with E-state index in [1.807, 2.05) is 32.2 Å². The first kappa shape index (κ1) is 12.7. The molecule has 0 atom stereocenters. The highest BCUT2D eigenvalue weighted by Gasteiger charge is 2.16. The number of hydrogen-bond acceptors (Lipinski definition) is 2. The van der Waals surface area contributed by atoms with E-state index in [1.54, 1.807) is 16.8 Å². The summed E-state index contributed by atoms with van der Waals surface area (Å²) in [6.45, 7) is 2.04. The molecule has 0 aliphatic heterocycles. The summed E-state index contributed by atoms with van der Waals surface area (Å²) in [5.41, 5.74) is 8.81. The Balaban J connectivity index is 2.36. The fraction of sp³-hybridized carbons (Fsp3) is 0.188. The molecule has 20 heavy (non-hydrogen) atoms. The summed E-state index contributed by atoms with van der Waals surface area (Å²) >= 11 is 0. The number of hydrogen-bond donors (Lipinski definition) is 1. The van der Waals surface area contributed by atoms with Gasteiger partial charge in [-0.1, -0.05) is 31.2 Å². The molecule has 2 N–H and O–H groups in total. The monoisotopic (exact) mass is 269 g/mol. The molecule has 0 aliphatic rings. The van der Waals surface area contributed by atoms with E-state index in [0.29, 0.717) is 11.2 Å². The molecule has 0 spiro atoms. The van der Waals surface area contributed by atoms with Gasteiger partial charge in [-0.25, -0.2) is 4.39 Å². The first-order chi connectivity index (χ1) is 9.63. The van der Waals surface area contributed by atoms with E-state index in [2.05, 4.69) is 5.10 Å². The summed E-state index contributed by atoms with van der Waals surface area (Å²) in [6, 6.07) is 10.7. The second-order valence-electron chi connectivity index (χ2n) is 4.83. The molecule has 4 heteroatoms. The van der Waals surface area contributed by atoms with Crippen LogP contribution in [0.5, 0.6) is 0 Å². The molecule has 0 fully saturated rings. The van der Waals surface area contributed by atoms with Crippen molar-refractivity contribution in [3.05, 3.63) is 47.8 Å². The summed E-state index contributed by atoms with van der Waals surface area (Å²) in [4.78, 5) is 0. The van der Waals surface area contributed by atoms with Gasteiger partial charge in [0.25, 0.3) is 0 Å². The van der Waals surface area contributed by atoms with Crippen LogP contribution in [0, 0.1) is 5.82 Å². The molecule has 1 heterocycles. The third kappa shape index (κ3) is 1.76. The smallest absolute Gasteiger partial charge is 0.131 e. The zero-order chi connectivity index (χ0) is 14.3. The van der Waals surface area contributed by atoms with Crippen LogP contribution >= 0.6 is 0 Å². The van der Waals surface area contributed by atoms with Crippen LogP contribution < -0.4 is 5.73 Å². The number of rotatable bonds is 2. The number of aromatic nitrogens is 2. The number of fused-ring (bicyclic) bond motifs is 1. The van der Waals surface area contributed by atoms with Gasteiger partial charge in [0.2, 0.25) is 0 Å². The molecule has 0 bridgehead atoms. The number of halogens is 1. The van der Waals surface area contributed by atoms with Gasteiger partial charge in [-0.15, -0.1) is 0 Å². The molecule has 0 radical (unpaired) electrons. The van der Waals surface area contributed by atoms with Crippen molar-refractivity contribution < 1.29 is 4.39 Å². The zero-order valence-electron chi connectivity index (χ0n) is 11.5. The van der Waals surface area contributed by atoms with Gasteiger partial charge < -0.3 is 5.73 Å². The Morgan fingerprint density at radius 2 is 1.85 bits per heavy atom. The molecule has 0 saturated carbocycles. The van der Waals surface area contributed by atoms with E-state index in [9.17, 15) is 4.39 Å². The second-order valence-corrected chi connectivity index (χ2v) is 4.83. The Hall–Kier alpha value is -2.36. The average Bonchev–Trinajstić information content (AvgIpc) is 2.75. The van der Waals surface area contributed by atoms with Crippen LogP contribution in [0.4, 0.5) is 10.2 Å². The number of benzene rings is 2. The van der Waals surface area contributed by atoms with Gasteiger partial charge in [0.1, 0.15) is 11.6 Å². The fourth-order valence-electron chi connectivity index (χ4n) is 2.61. The molecule has 0 aliphatic carbocycles. The minimum absolute atomic E-state index is 0.216. The average molecular weight is 269 g/mol. The van der Waals surface area contributed by atoms with Gasteiger partial charge in [0.15, 0.2) is 0 Å². The summed E-state index contributed by atoms with van der Waals surface area (Å²) in [7, 11) is 1.82. The predicted molar refractivity (Wildman–Crippen MR) is 79.9 cm³/mol. The Morgan fingerprint density at radius 1 is 1.15 bits per heavy atom. The molecular formula is C16H16FN3. The molecule has 0 unspecified atom stereocenters. The number of anilines is 1. The lowest BCUT2D eigenvalue weighted by molar-refractivity contribution is 0.640. The standard InChI is InChI=1S/C16H16FN3/c1-3-10-15(19-20(2)16(10)18)13-8-9-14(17)12-7-5-4-6-11(12)13/h4-9H,3,18H2,1-2H3. The van der Waals surface area contributed by atoms with Crippen molar-refractivity contribution in [3.8, 4) is 11.3 Å². The van der Waals surface area contributed by atoms with E-state index in [0.717, 1.165) is 28.6 Å². The molecule has 0 amide bonds. The Morgan fingerprint density at radius 3 is 2.55 bits per heavy atom. The second kappa shape index (κ2) is 4.63. The van der Waals surface area contributed by atoms with Crippen molar-refractivity contribution in [2.75, 3.05) is 5.73 Å². The summed E-state index contributed by atoms with van der Waals surface area (Å²) in [6.07, 6.45) is 0.792. The summed E-state index contributed by atoms with van der Waals surface area (Å²) in [5.74, 6) is 0.446. The molecule has 3 nitrogen and oxygen atoms in total. The van der Waals surface area contributed by atoms with Gasteiger partial charge in [-0.2, -0.15) is 5.10 Å². The maximum atomic E-state index is 13.9. The number of nitrogens with zero attached hydrogens (tertiary/aromatic N) is 2. The lowest BCUT2D eigenvalue weighted by atomic mass is 9.98. The lowest BCUT2D eigenvalue weighted by Gasteiger charge is -2.07. The van der Waals surface area contributed by atoms with Gasteiger partial charge in [0, 0.05) is 23.6 Å². The lowest BCUT2D eigenvalue weighted by Crippen LogP contribution is -1.98.